The van der Waals surface area contributed by atoms with E-state index in [-0.39, 0.29) is 18.3 Å². The lowest BCUT2D eigenvalue weighted by Crippen LogP contribution is -2.22. The molecular formula is C21H19FN2O2. The first-order chi connectivity index (χ1) is 12.6. The molecule has 0 heterocycles. The van der Waals surface area contributed by atoms with Gasteiger partial charge in [0, 0.05) is 0 Å². The van der Waals surface area contributed by atoms with Crippen molar-refractivity contribution in [1.82, 2.24) is 0 Å². The second-order valence-electron chi connectivity index (χ2n) is 5.80. The van der Waals surface area contributed by atoms with E-state index in [1.165, 1.54) is 6.07 Å². The largest absolute Gasteiger partial charge is 0.455 e. The van der Waals surface area contributed by atoms with Crippen molar-refractivity contribution in [3.05, 3.63) is 84.2 Å². The minimum absolute atomic E-state index is 0.0559. The maximum atomic E-state index is 13.8. The van der Waals surface area contributed by atoms with Gasteiger partial charge in [0.15, 0.2) is 5.75 Å². The van der Waals surface area contributed by atoms with Crippen molar-refractivity contribution in [1.29, 1.82) is 0 Å². The monoisotopic (exact) mass is 350 g/mol. The van der Waals surface area contributed by atoms with Gasteiger partial charge in [-0.3, -0.25) is 4.79 Å². The van der Waals surface area contributed by atoms with Crippen molar-refractivity contribution >= 4 is 17.3 Å². The molecule has 0 bridgehead atoms. The van der Waals surface area contributed by atoms with Gasteiger partial charge in [-0.05, 0) is 48.9 Å². The van der Waals surface area contributed by atoms with Gasteiger partial charge in [0.1, 0.15) is 11.6 Å². The fraction of sp³-hybridized carbons (Fsp3) is 0.0952. The topological polar surface area (TPSA) is 50.4 Å². The average molecular weight is 350 g/mol. The smallest absolute Gasteiger partial charge is 0.243 e. The Labute approximate surface area is 151 Å². The first-order valence-electron chi connectivity index (χ1n) is 8.23. The molecule has 3 rings (SSSR count). The lowest BCUT2D eigenvalue weighted by atomic mass is 10.2. The summed E-state index contributed by atoms with van der Waals surface area (Å²) < 4.78 is 19.6. The van der Waals surface area contributed by atoms with Crippen LogP contribution in [-0.2, 0) is 4.79 Å². The number of ether oxygens (including phenoxy) is 1. The van der Waals surface area contributed by atoms with Crippen LogP contribution in [0.25, 0.3) is 0 Å². The predicted octanol–water partition coefficient (Wildman–Crippen LogP) is 4.98. The first kappa shape index (κ1) is 17.5. The zero-order valence-electron chi connectivity index (χ0n) is 14.3. The fourth-order valence-corrected chi connectivity index (χ4v) is 2.41. The molecule has 2 N–H and O–H groups in total. The quantitative estimate of drug-likeness (QED) is 0.659. The molecule has 0 saturated carbocycles. The number of halogens is 1. The van der Waals surface area contributed by atoms with Gasteiger partial charge >= 0.3 is 0 Å². The molecule has 4 nitrogen and oxygen atoms in total. The van der Waals surface area contributed by atoms with Crippen molar-refractivity contribution in [3.8, 4) is 11.5 Å². The SMILES string of the molecule is Cc1ccc(NCC(=O)Nc2ccccc2Oc2ccccc2)c(F)c1. The summed E-state index contributed by atoms with van der Waals surface area (Å²) in [4.78, 5) is 12.2. The van der Waals surface area contributed by atoms with Gasteiger partial charge in [-0.15, -0.1) is 0 Å². The van der Waals surface area contributed by atoms with Gasteiger partial charge in [-0.25, -0.2) is 4.39 Å². The number of hydrogen-bond donors (Lipinski definition) is 2. The molecule has 0 spiro atoms. The summed E-state index contributed by atoms with van der Waals surface area (Å²) in [6.45, 7) is 1.75. The number of aryl methyl sites for hydroxylation is 1. The second kappa shape index (κ2) is 8.16. The third kappa shape index (κ3) is 4.60. The normalized spacial score (nSPS) is 10.2. The molecule has 0 aromatic heterocycles. The van der Waals surface area contributed by atoms with Crippen LogP contribution in [0, 0.1) is 12.7 Å². The van der Waals surface area contributed by atoms with E-state index in [0.29, 0.717) is 22.9 Å². The molecule has 0 radical (unpaired) electrons. The Morgan fingerprint density at radius 3 is 2.46 bits per heavy atom. The maximum Gasteiger partial charge on any atom is 0.243 e. The predicted molar refractivity (Wildman–Crippen MR) is 101 cm³/mol. The summed E-state index contributed by atoms with van der Waals surface area (Å²) in [5.41, 5.74) is 1.66. The molecule has 0 aliphatic heterocycles. The van der Waals surface area contributed by atoms with Gasteiger partial charge in [0.25, 0.3) is 0 Å². The Morgan fingerprint density at radius 1 is 0.962 bits per heavy atom. The second-order valence-corrected chi connectivity index (χ2v) is 5.80. The number of hydrogen-bond acceptors (Lipinski definition) is 3. The Kier molecular flexibility index (Phi) is 5.49. The summed E-state index contributed by atoms with van der Waals surface area (Å²) >= 11 is 0. The molecule has 26 heavy (non-hydrogen) atoms. The standard InChI is InChI=1S/C21H19FN2O2/c1-15-11-12-18(17(22)13-15)23-14-21(25)24-19-9-5-6-10-20(19)26-16-7-3-2-4-8-16/h2-13,23H,14H2,1H3,(H,24,25). The maximum absolute atomic E-state index is 13.8. The number of amides is 1. The summed E-state index contributed by atoms with van der Waals surface area (Å²) in [6, 6.07) is 21.3. The minimum atomic E-state index is -0.384. The van der Waals surface area contributed by atoms with E-state index in [9.17, 15) is 9.18 Å². The third-order valence-corrected chi connectivity index (χ3v) is 3.70. The van der Waals surface area contributed by atoms with Gasteiger partial charge in [0.05, 0.1) is 17.9 Å². The van der Waals surface area contributed by atoms with E-state index in [4.69, 9.17) is 4.74 Å². The van der Waals surface area contributed by atoms with Gasteiger partial charge < -0.3 is 15.4 Å². The highest BCUT2D eigenvalue weighted by molar-refractivity contribution is 5.95. The van der Waals surface area contributed by atoms with Crippen LogP contribution < -0.4 is 15.4 Å². The van der Waals surface area contributed by atoms with Crippen LogP contribution in [0.2, 0.25) is 0 Å². The third-order valence-electron chi connectivity index (χ3n) is 3.70. The van der Waals surface area contributed by atoms with E-state index >= 15 is 0 Å². The van der Waals surface area contributed by atoms with Crippen molar-refractivity contribution in [3.63, 3.8) is 0 Å². The fourth-order valence-electron chi connectivity index (χ4n) is 2.41. The van der Waals surface area contributed by atoms with Crippen LogP contribution >= 0.6 is 0 Å². The van der Waals surface area contributed by atoms with E-state index < -0.39 is 0 Å². The molecular weight excluding hydrogens is 331 g/mol. The highest BCUT2D eigenvalue weighted by atomic mass is 19.1. The number of benzene rings is 3. The molecule has 132 valence electrons. The van der Waals surface area contributed by atoms with E-state index in [0.717, 1.165) is 5.56 Å². The average Bonchev–Trinajstić information content (AvgIpc) is 2.63. The number of carbonyl (C=O) groups is 1. The number of anilines is 2. The molecule has 3 aromatic rings. The molecule has 1 amide bonds. The zero-order valence-corrected chi connectivity index (χ0v) is 14.3. The molecule has 0 saturated heterocycles. The van der Waals surface area contributed by atoms with Gasteiger partial charge in [-0.2, -0.15) is 0 Å². The Balaban J connectivity index is 1.64. The van der Waals surface area contributed by atoms with Gasteiger partial charge in [0.2, 0.25) is 5.91 Å². The highest BCUT2D eigenvalue weighted by Crippen LogP contribution is 2.29. The summed E-state index contributed by atoms with van der Waals surface area (Å²) in [6.07, 6.45) is 0. The number of para-hydroxylation sites is 3. The Morgan fingerprint density at radius 2 is 1.69 bits per heavy atom. The van der Waals surface area contributed by atoms with Crippen LogP contribution in [0.5, 0.6) is 11.5 Å². The molecule has 0 aliphatic carbocycles. The summed E-state index contributed by atoms with van der Waals surface area (Å²) in [5, 5.41) is 5.58. The van der Waals surface area contributed by atoms with Crippen LogP contribution in [0.4, 0.5) is 15.8 Å². The van der Waals surface area contributed by atoms with Crippen LogP contribution in [0.1, 0.15) is 5.56 Å². The van der Waals surface area contributed by atoms with E-state index in [1.54, 1.807) is 30.3 Å². The van der Waals surface area contributed by atoms with Crippen LogP contribution in [-0.4, -0.2) is 12.5 Å². The zero-order chi connectivity index (χ0) is 18.4. The first-order valence-corrected chi connectivity index (χ1v) is 8.23. The van der Waals surface area contributed by atoms with Crippen molar-refractivity contribution in [2.24, 2.45) is 0 Å². The van der Waals surface area contributed by atoms with Crippen molar-refractivity contribution < 1.29 is 13.9 Å². The minimum Gasteiger partial charge on any atom is -0.455 e. The summed E-state index contributed by atoms with van der Waals surface area (Å²) in [5.74, 6) is 0.530. The summed E-state index contributed by atoms with van der Waals surface area (Å²) in [7, 11) is 0. The van der Waals surface area contributed by atoms with E-state index in [2.05, 4.69) is 10.6 Å². The molecule has 5 heteroatoms. The van der Waals surface area contributed by atoms with Gasteiger partial charge in [-0.1, -0.05) is 36.4 Å². The molecule has 0 fully saturated rings. The highest BCUT2D eigenvalue weighted by Gasteiger charge is 2.09. The molecule has 0 atom stereocenters. The van der Waals surface area contributed by atoms with Crippen LogP contribution in [0.3, 0.4) is 0 Å². The lowest BCUT2D eigenvalue weighted by molar-refractivity contribution is -0.114. The lowest BCUT2D eigenvalue weighted by Gasteiger charge is -2.13. The molecule has 0 unspecified atom stereocenters. The number of nitrogens with one attached hydrogen (secondary N) is 2. The van der Waals surface area contributed by atoms with Crippen LogP contribution in [0.15, 0.2) is 72.8 Å². The number of rotatable bonds is 6. The number of carbonyl (C=O) groups excluding carboxylic acids is 1. The Bertz CT molecular complexity index is 898. The van der Waals surface area contributed by atoms with Crippen molar-refractivity contribution in [2.75, 3.05) is 17.2 Å². The Hall–Kier alpha value is -3.34. The molecule has 3 aromatic carbocycles. The van der Waals surface area contributed by atoms with E-state index in [1.807, 2.05) is 43.3 Å². The molecule has 0 aliphatic rings. The van der Waals surface area contributed by atoms with Crippen molar-refractivity contribution in [2.45, 2.75) is 6.92 Å².